The fourth-order valence-corrected chi connectivity index (χ4v) is 3.04. The van der Waals surface area contributed by atoms with Crippen molar-refractivity contribution in [1.29, 1.82) is 0 Å². The number of nitrogens with two attached hydrogens (primary N) is 1. The summed E-state index contributed by atoms with van der Waals surface area (Å²) in [5.41, 5.74) is 6.65. The summed E-state index contributed by atoms with van der Waals surface area (Å²) in [6.45, 7) is 6.34. The number of hydrogen-bond donors (Lipinski definition) is 1. The van der Waals surface area contributed by atoms with E-state index in [-0.39, 0.29) is 30.1 Å². The molecule has 2 amide bonds. The zero-order valence-corrected chi connectivity index (χ0v) is 16.4. The highest BCUT2D eigenvalue weighted by Crippen LogP contribution is 2.15. The Balaban J connectivity index is 0.00000312. The van der Waals surface area contributed by atoms with Crippen LogP contribution in [0, 0.1) is 5.92 Å². The highest BCUT2D eigenvalue weighted by atomic mass is 35.5. The number of halogens is 2. The summed E-state index contributed by atoms with van der Waals surface area (Å²) in [7, 11) is 0. The van der Waals surface area contributed by atoms with Crippen LogP contribution >= 0.6 is 24.0 Å². The molecule has 1 fully saturated rings. The minimum absolute atomic E-state index is 0. The Morgan fingerprint density at radius 3 is 2.48 bits per heavy atom. The van der Waals surface area contributed by atoms with Gasteiger partial charge in [-0.1, -0.05) is 37.9 Å². The molecule has 140 valence electrons. The summed E-state index contributed by atoms with van der Waals surface area (Å²) in [6, 6.07) is 6.49. The van der Waals surface area contributed by atoms with Gasteiger partial charge in [-0.15, -0.1) is 12.4 Å². The van der Waals surface area contributed by atoms with Gasteiger partial charge in [-0.05, 0) is 30.5 Å². The molecule has 2 atom stereocenters. The van der Waals surface area contributed by atoms with Gasteiger partial charge in [-0.25, -0.2) is 0 Å². The van der Waals surface area contributed by atoms with Crippen molar-refractivity contribution in [1.82, 2.24) is 9.80 Å². The van der Waals surface area contributed by atoms with E-state index in [0.29, 0.717) is 36.8 Å². The van der Waals surface area contributed by atoms with E-state index < -0.39 is 6.04 Å². The van der Waals surface area contributed by atoms with Crippen LogP contribution in [-0.4, -0.2) is 53.8 Å². The smallest absolute Gasteiger partial charge is 0.253 e. The molecule has 1 heterocycles. The van der Waals surface area contributed by atoms with Gasteiger partial charge in [0, 0.05) is 36.8 Å². The molecule has 0 saturated carbocycles. The summed E-state index contributed by atoms with van der Waals surface area (Å²) >= 11 is 5.97. The molecule has 1 aliphatic heterocycles. The highest BCUT2D eigenvalue weighted by molar-refractivity contribution is 6.30. The van der Waals surface area contributed by atoms with Crippen LogP contribution in [0.1, 0.15) is 37.0 Å². The zero-order valence-electron chi connectivity index (χ0n) is 14.8. The van der Waals surface area contributed by atoms with Gasteiger partial charge >= 0.3 is 0 Å². The molecule has 0 radical (unpaired) electrons. The fourth-order valence-electron chi connectivity index (χ4n) is 2.85. The molecule has 0 aromatic heterocycles. The molecule has 25 heavy (non-hydrogen) atoms. The Morgan fingerprint density at radius 2 is 1.84 bits per heavy atom. The standard InChI is InChI=1S/C18H26ClN3O2.ClH/c1-3-13(2)16(20)18(24)22-9-5-8-21(10-11-22)17(23)14-6-4-7-15(19)12-14;/h4,6-7,12-13,16H,3,5,8-11,20H2,1-2H3;1H. The van der Waals surface area contributed by atoms with Crippen LogP contribution in [0.5, 0.6) is 0 Å². The Morgan fingerprint density at radius 1 is 1.20 bits per heavy atom. The number of carbonyl (C=O) groups is 2. The lowest BCUT2D eigenvalue weighted by atomic mass is 9.99. The lowest BCUT2D eigenvalue weighted by Crippen LogP contribution is -2.48. The second-order valence-corrected chi connectivity index (χ2v) is 6.83. The molecule has 0 spiro atoms. The fraction of sp³-hybridized carbons (Fsp3) is 0.556. The molecular formula is C18H27Cl2N3O2. The molecule has 1 aliphatic rings. The largest absolute Gasteiger partial charge is 0.339 e. The molecule has 1 saturated heterocycles. The van der Waals surface area contributed by atoms with Crippen LogP contribution in [0.25, 0.3) is 0 Å². The summed E-state index contributed by atoms with van der Waals surface area (Å²) in [5.74, 6) is 0.101. The number of rotatable bonds is 4. The van der Waals surface area contributed by atoms with E-state index >= 15 is 0 Å². The van der Waals surface area contributed by atoms with Crippen LogP contribution in [-0.2, 0) is 4.79 Å². The molecule has 2 rings (SSSR count). The third-order valence-corrected chi connectivity index (χ3v) is 4.94. The molecular weight excluding hydrogens is 361 g/mol. The predicted octanol–water partition coefficient (Wildman–Crippen LogP) is 2.81. The van der Waals surface area contributed by atoms with Gasteiger partial charge in [0.15, 0.2) is 0 Å². The van der Waals surface area contributed by atoms with Gasteiger partial charge < -0.3 is 15.5 Å². The number of amides is 2. The van der Waals surface area contributed by atoms with E-state index in [1.807, 2.05) is 13.8 Å². The van der Waals surface area contributed by atoms with Crippen molar-refractivity contribution >= 4 is 35.8 Å². The van der Waals surface area contributed by atoms with Crippen molar-refractivity contribution in [3.63, 3.8) is 0 Å². The van der Waals surface area contributed by atoms with Crippen LogP contribution in [0.15, 0.2) is 24.3 Å². The third kappa shape index (κ3) is 5.59. The first-order valence-electron chi connectivity index (χ1n) is 8.53. The summed E-state index contributed by atoms with van der Waals surface area (Å²) in [4.78, 5) is 28.7. The maximum atomic E-state index is 12.6. The third-order valence-electron chi connectivity index (χ3n) is 4.71. The predicted molar refractivity (Wildman–Crippen MR) is 103 cm³/mol. The highest BCUT2D eigenvalue weighted by Gasteiger charge is 2.28. The van der Waals surface area contributed by atoms with E-state index in [1.54, 1.807) is 34.1 Å². The monoisotopic (exact) mass is 387 g/mol. The average Bonchev–Trinajstić information content (AvgIpc) is 2.85. The lowest BCUT2D eigenvalue weighted by Gasteiger charge is -2.27. The van der Waals surface area contributed by atoms with Crippen molar-refractivity contribution in [2.24, 2.45) is 11.7 Å². The minimum atomic E-state index is -0.467. The van der Waals surface area contributed by atoms with E-state index in [2.05, 4.69) is 0 Å². The van der Waals surface area contributed by atoms with E-state index in [0.717, 1.165) is 12.8 Å². The molecule has 7 heteroatoms. The van der Waals surface area contributed by atoms with Gasteiger partial charge in [-0.3, -0.25) is 9.59 Å². The summed E-state index contributed by atoms with van der Waals surface area (Å²) < 4.78 is 0. The van der Waals surface area contributed by atoms with Crippen molar-refractivity contribution < 1.29 is 9.59 Å². The molecule has 0 bridgehead atoms. The van der Waals surface area contributed by atoms with E-state index in [4.69, 9.17) is 17.3 Å². The Labute approximate surface area is 160 Å². The van der Waals surface area contributed by atoms with Gasteiger partial charge in [0.25, 0.3) is 5.91 Å². The van der Waals surface area contributed by atoms with Crippen molar-refractivity contribution in [3.05, 3.63) is 34.9 Å². The van der Waals surface area contributed by atoms with Crippen molar-refractivity contribution in [2.75, 3.05) is 26.2 Å². The molecule has 5 nitrogen and oxygen atoms in total. The lowest BCUT2D eigenvalue weighted by molar-refractivity contribution is -0.133. The Hall–Kier alpha value is -1.30. The van der Waals surface area contributed by atoms with Gasteiger partial charge in [0.05, 0.1) is 6.04 Å². The van der Waals surface area contributed by atoms with Gasteiger partial charge in [0.1, 0.15) is 0 Å². The normalized spacial score (nSPS) is 17.3. The van der Waals surface area contributed by atoms with Crippen LogP contribution in [0.3, 0.4) is 0 Å². The van der Waals surface area contributed by atoms with Crippen LogP contribution in [0.4, 0.5) is 0 Å². The summed E-state index contributed by atoms with van der Waals surface area (Å²) in [5, 5.41) is 0.548. The second kappa shape index (κ2) is 10.00. The SMILES string of the molecule is CCC(C)C(N)C(=O)N1CCCN(C(=O)c2cccc(Cl)c2)CC1.Cl. The first kappa shape index (κ1) is 21.7. The van der Waals surface area contributed by atoms with Crippen LogP contribution < -0.4 is 5.73 Å². The number of hydrogen-bond acceptors (Lipinski definition) is 3. The minimum Gasteiger partial charge on any atom is -0.339 e. The molecule has 0 aliphatic carbocycles. The Bertz CT molecular complexity index is 597. The number of carbonyl (C=O) groups excluding carboxylic acids is 2. The number of nitrogens with zero attached hydrogens (tertiary/aromatic N) is 2. The van der Waals surface area contributed by atoms with Gasteiger partial charge in [0.2, 0.25) is 5.91 Å². The molecule has 2 N–H and O–H groups in total. The maximum absolute atomic E-state index is 12.6. The molecule has 1 aromatic rings. The molecule has 1 aromatic carbocycles. The Kier molecular flexibility index (Phi) is 8.69. The number of benzene rings is 1. The summed E-state index contributed by atoms with van der Waals surface area (Å²) in [6.07, 6.45) is 1.63. The zero-order chi connectivity index (χ0) is 17.7. The van der Waals surface area contributed by atoms with Crippen molar-refractivity contribution in [3.8, 4) is 0 Å². The van der Waals surface area contributed by atoms with Crippen molar-refractivity contribution in [2.45, 2.75) is 32.7 Å². The first-order chi connectivity index (χ1) is 11.4. The first-order valence-corrected chi connectivity index (χ1v) is 8.91. The van der Waals surface area contributed by atoms with Crippen LogP contribution in [0.2, 0.25) is 5.02 Å². The average molecular weight is 388 g/mol. The van der Waals surface area contributed by atoms with E-state index in [1.165, 1.54) is 0 Å². The quantitative estimate of drug-likeness (QED) is 0.863. The topological polar surface area (TPSA) is 66.6 Å². The molecule has 2 unspecified atom stereocenters. The maximum Gasteiger partial charge on any atom is 0.253 e. The second-order valence-electron chi connectivity index (χ2n) is 6.39. The van der Waals surface area contributed by atoms with E-state index in [9.17, 15) is 9.59 Å². The van der Waals surface area contributed by atoms with Gasteiger partial charge in [-0.2, -0.15) is 0 Å².